The highest BCUT2D eigenvalue weighted by Gasteiger charge is 2.14. The monoisotopic (exact) mass is 277 g/mol. The standard InChI is InChI=1S/C13H19N5O2/c1-4-9(14-5-2)8-12-15-13(18-20-12)10-6-7-11(19-3)17-16-10/h6-7,9,14H,4-5,8H2,1-3H3. The summed E-state index contributed by atoms with van der Waals surface area (Å²) < 4.78 is 10.2. The third kappa shape index (κ3) is 3.51. The summed E-state index contributed by atoms with van der Waals surface area (Å²) in [6, 6.07) is 3.81. The van der Waals surface area contributed by atoms with Gasteiger partial charge in [0.1, 0.15) is 5.69 Å². The fourth-order valence-corrected chi connectivity index (χ4v) is 1.85. The van der Waals surface area contributed by atoms with Crippen LogP contribution in [0.25, 0.3) is 11.5 Å². The van der Waals surface area contributed by atoms with E-state index in [1.807, 2.05) is 0 Å². The van der Waals surface area contributed by atoms with Crippen molar-refractivity contribution in [1.82, 2.24) is 25.7 Å². The first-order valence-electron chi connectivity index (χ1n) is 6.70. The van der Waals surface area contributed by atoms with Crippen LogP contribution in [-0.2, 0) is 6.42 Å². The molecule has 0 aliphatic heterocycles. The molecular formula is C13H19N5O2. The van der Waals surface area contributed by atoms with Gasteiger partial charge in [0.05, 0.1) is 7.11 Å². The van der Waals surface area contributed by atoms with Crippen molar-refractivity contribution >= 4 is 0 Å². The summed E-state index contributed by atoms with van der Waals surface area (Å²) >= 11 is 0. The molecule has 7 nitrogen and oxygen atoms in total. The highest BCUT2D eigenvalue weighted by molar-refractivity contribution is 5.47. The van der Waals surface area contributed by atoms with Crippen molar-refractivity contribution in [3.8, 4) is 17.4 Å². The van der Waals surface area contributed by atoms with Crippen LogP contribution in [-0.4, -0.2) is 40.0 Å². The number of likely N-dealkylation sites (N-methyl/N-ethyl adjacent to an activating group) is 1. The molecule has 0 fully saturated rings. The molecule has 1 unspecified atom stereocenters. The van der Waals surface area contributed by atoms with Crippen LogP contribution >= 0.6 is 0 Å². The number of rotatable bonds is 7. The van der Waals surface area contributed by atoms with Gasteiger partial charge in [-0.3, -0.25) is 0 Å². The Hall–Kier alpha value is -2.02. The van der Waals surface area contributed by atoms with Gasteiger partial charge in [0.25, 0.3) is 0 Å². The Morgan fingerprint density at radius 2 is 2.15 bits per heavy atom. The summed E-state index contributed by atoms with van der Waals surface area (Å²) in [5.74, 6) is 1.50. The molecule has 0 saturated carbocycles. The smallest absolute Gasteiger partial charge is 0.233 e. The van der Waals surface area contributed by atoms with E-state index in [4.69, 9.17) is 9.26 Å². The highest BCUT2D eigenvalue weighted by Crippen LogP contribution is 2.15. The molecule has 20 heavy (non-hydrogen) atoms. The third-order valence-corrected chi connectivity index (χ3v) is 2.95. The van der Waals surface area contributed by atoms with Crippen molar-refractivity contribution in [1.29, 1.82) is 0 Å². The third-order valence-electron chi connectivity index (χ3n) is 2.95. The molecule has 0 aromatic carbocycles. The average Bonchev–Trinajstić information content (AvgIpc) is 2.95. The summed E-state index contributed by atoms with van der Waals surface area (Å²) in [6.07, 6.45) is 1.72. The molecule has 1 N–H and O–H groups in total. The molecule has 0 amide bonds. The van der Waals surface area contributed by atoms with E-state index < -0.39 is 0 Å². The topological polar surface area (TPSA) is 86.0 Å². The Labute approximate surface area is 117 Å². The Kier molecular flexibility index (Phi) is 5.00. The van der Waals surface area contributed by atoms with E-state index in [-0.39, 0.29) is 0 Å². The van der Waals surface area contributed by atoms with Gasteiger partial charge in [0.2, 0.25) is 17.6 Å². The van der Waals surface area contributed by atoms with Crippen molar-refractivity contribution < 1.29 is 9.26 Å². The minimum atomic E-state index is 0.343. The zero-order chi connectivity index (χ0) is 14.4. The fraction of sp³-hybridized carbons (Fsp3) is 0.538. The first kappa shape index (κ1) is 14.4. The Morgan fingerprint density at radius 1 is 1.30 bits per heavy atom. The van der Waals surface area contributed by atoms with Crippen LogP contribution in [0.1, 0.15) is 26.2 Å². The molecule has 7 heteroatoms. The largest absolute Gasteiger partial charge is 0.480 e. The summed E-state index contributed by atoms with van der Waals surface area (Å²) in [7, 11) is 1.54. The lowest BCUT2D eigenvalue weighted by molar-refractivity contribution is 0.355. The van der Waals surface area contributed by atoms with Crippen LogP contribution in [0.4, 0.5) is 0 Å². The minimum Gasteiger partial charge on any atom is -0.480 e. The summed E-state index contributed by atoms with van der Waals surface area (Å²) in [6.45, 7) is 5.12. The molecule has 2 aromatic heterocycles. The van der Waals surface area contributed by atoms with Gasteiger partial charge < -0.3 is 14.6 Å². The van der Waals surface area contributed by atoms with Crippen LogP contribution in [0.2, 0.25) is 0 Å². The van der Waals surface area contributed by atoms with Gasteiger partial charge >= 0.3 is 0 Å². The van der Waals surface area contributed by atoms with Crippen LogP contribution < -0.4 is 10.1 Å². The normalized spacial score (nSPS) is 12.3. The van der Waals surface area contributed by atoms with Crippen molar-refractivity contribution in [2.24, 2.45) is 0 Å². The van der Waals surface area contributed by atoms with Gasteiger partial charge in [-0.15, -0.1) is 10.2 Å². The van der Waals surface area contributed by atoms with Crippen molar-refractivity contribution in [2.45, 2.75) is 32.7 Å². The van der Waals surface area contributed by atoms with Crippen molar-refractivity contribution in [3.05, 3.63) is 18.0 Å². The van der Waals surface area contributed by atoms with Gasteiger partial charge in [-0.25, -0.2) is 0 Å². The molecule has 1 atom stereocenters. The first-order valence-corrected chi connectivity index (χ1v) is 6.70. The molecule has 0 aliphatic carbocycles. The zero-order valence-corrected chi connectivity index (χ0v) is 12.0. The number of hydrogen-bond donors (Lipinski definition) is 1. The second-order valence-electron chi connectivity index (χ2n) is 4.34. The van der Waals surface area contributed by atoms with Crippen LogP contribution in [0, 0.1) is 0 Å². The zero-order valence-electron chi connectivity index (χ0n) is 12.0. The van der Waals surface area contributed by atoms with E-state index in [0.29, 0.717) is 35.8 Å². The SMILES string of the molecule is CCNC(CC)Cc1nc(-c2ccc(OC)nn2)no1. The van der Waals surface area contributed by atoms with E-state index in [9.17, 15) is 0 Å². The second-order valence-corrected chi connectivity index (χ2v) is 4.34. The van der Waals surface area contributed by atoms with E-state index >= 15 is 0 Å². The molecule has 2 rings (SSSR count). The second kappa shape index (κ2) is 6.95. The van der Waals surface area contributed by atoms with E-state index in [0.717, 1.165) is 13.0 Å². The summed E-state index contributed by atoms with van der Waals surface area (Å²) in [5, 5.41) is 15.2. The quantitative estimate of drug-likeness (QED) is 0.820. The average molecular weight is 277 g/mol. The number of aromatic nitrogens is 4. The maximum absolute atomic E-state index is 5.25. The minimum absolute atomic E-state index is 0.343. The lowest BCUT2D eigenvalue weighted by Gasteiger charge is -2.12. The number of nitrogens with one attached hydrogen (secondary N) is 1. The van der Waals surface area contributed by atoms with Crippen molar-refractivity contribution in [2.75, 3.05) is 13.7 Å². The van der Waals surface area contributed by atoms with Crippen LogP contribution in [0.3, 0.4) is 0 Å². The highest BCUT2D eigenvalue weighted by atomic mass is 16.5. The Balaban J connectivity index is 2.07. The number of methoxy groups -OCH3 is 1. The lowest BCUT2D eigenvalue weighted by atomic mass is 10.1. The molecular weight excluding hydrogens is 258 g/mol. The predicted molar refractivity (Wildman–Crippen MR) is 73.3 cm³/mol. The number of ether oxygens (including phenoxy) is 1. The van der Waals surface area contributed by atoms with Crippen LogP contribution in [0.15, 0.2) is 16.7 Å². The van der Waals surface area contributed by atoms with E-state index in [1.54, 1.807) is 19.2 Å². The van der Waals surface area contributed by atoms with E-state index in [1.165, 1.54) is 0 Å². The summed E-state index contributed by atoms with van der Waals surface area (Å²) in [5.41, 5.74) is 0.567. The van der Waals surface area contributed by atoms with Gasteiger partial charge in [0, 0.05) is 18.5 Å². The fourth-order valence-electron chi connectivity index (χ4n) is 1.85. The summed E-state index contributed by atoms with van der Waals surface area (Å²) in [4.78, 5) is 4.34. The molecule has 2 heterocycles. The maximum atomic E-state index is 5.25. The first-order chi connectivity index (χ1) is 9.76. The number of hydrogen-bond acceptors (Lipinski definition) is 7. The molecule has 2 aromatic rings. The molecule has 108 valence electrons. The molecule has 0 aliphatic rings. The Morgan fingerprint density at radius 3 is 2.75 bits per heavy atom. The molecule has 0 bridgehead atoms. The molecule has 0 radical (unpaired) electrons. The van der Waals surface area contributed by atoms with Crippen molar-refractivity contribution in [3.63, 3.8) is 0 Å². The lowest BCUT2D eigenvalue weighted by Crippen LogP contribution is -2.30. The van der Waals surface area contributed by atoms with Gasteiger partial charge in [-0.1, -0.05) is 19.0 Å². The molecule has 0 spiro atoms. The maximum Gasteiger partial charge on any atom is 0.233 e. The predicted octanol–water partition coefficient (Wildman–Crippen LogP) is 1.47. The van der Waals surface area contributed by atoms with Crippen LogP contribution in [0.5, 0.6) is 5.88 Å². The van der Waals surface area contributed by atoms with Gasteiger partial charge in [-0.2, -0.15) is 4.98 Å². The van der Waals surface area contributed by atoms with E-state index in [2.05, 4.69) is 39.5 Å². The molecule has 0 saturated heterocycles. The van der Waals surface area contributed by atoms with Gasteiger partial charge in [-0.05, 0) is 19.0 Å². The number of nitrogens with zero attached hydrogens (tertiary/aromatic N) is 4. The Bertz CT molecular complexity index is 526. The van der Waals surface area contributed by atoms with Gasteiger partial charge in [0.15, 0.2) is 0 Å².